The summed E-state index contributed by atoms with van der Waals surface area (Å²) in [6.07, 6.45) is 4.26. The van der Waals surface area contributed by atoms with E-state index in [1.807, 2.05) is 15.5 Å². The van der Waals surface area contributed by atoms with Crippen molar-refractivity contribution in [3.63, 3.8) is 0 Å². The van der Waals surface area contributed by atoms with Gasteiger partial charge in [0.15, 0.2) is 0 Å². The first kappa shape index (κ1) is 19.4. The van der Waals surface area contributed by atoms with Crippen molar-refractivity contribution in [1.29, 1.82) is 0 Å². The van der Waals surface area contributed by atoms with E-state index in [0.717, 1.165) is 25.0 Å². The maximum absolute atomic E-state index is 13.0. The third kappa shape index (κ3) is 3.47. The van der Waals surface area contributed by atoms with E-state index in [-0.39, 0.29) is 35.9 Å². The molecule has 0 unspecified atom stereocenters. The molecule has 1 fully saturated rings. The Bertz CT molecular complexity index is 1110. The van der Waals surface area contributed by atoms with Crippen LogP contribution >= 0.6 is 0 Å². The average Bonchev–Trinajstić information content (AvgIpc) is 2.69. The fourth-order valence-corrected chi connectivity index (χ4v) is 4.89. The van der Waals surface area contributed by atoms with Crippen LogP contribution in [0.4, 0.5) is 0 Å². The number of rotatable bonds is 4. The molecule has 2 bridgehead atoms. The van der Waals surface area contributed by atoms with Crippen molar-refractivity contribution in [2.45, 2.75) is 51.6 Å². The van der Waals surface area contributed by atoms with Crippen molar-refractivity contribution in [1.82, 2.24) is 19.0 Å². The molecule has 2 aromatic rings. The largest absolute Gasteiger partial charge is 0.340 e. The number of carbonyl (C=O) groups is 1. The highest BCUT2D eigenvalue weighted by atomic mass is 16.2. The molecule has 1 amide bonds. The highest BCUT2D eigenvalue weighted by molar-refractivity contribution is 5.76. The molecule has 154 valence electrons. The van der Waals surface area contributed by atoms with Crippen LogP contribution in [0, 0.1) is 12.8 Å². The van der Waals surface area contributed by atoms with Gasteiger partial charge in [0.2, 0.25) is 5.91 Å². The highest BCUT2D eigenvalue weighted by Gasteiger charge is 2.41. The van der Waals surface area contributed by atoms with Gasteiger partial charge in [0.25, 0.3) is 11.1 Å². The standard InChI is InChI=1S/C21H26N4O4/c1-3-5-16-14-8-15(17-6-4-7-18(26)25(16)17)11-23(10-14)19(27)12-24-9-13(2)20(28)22-21(24)29/h4,6-7,9,14-16H,3,5,8,10-12H2,1-2H3,(H,22,28,29)/t14-,15+,16-/m0/s1. The summed E-state index contributed by atoms with van der Waals surface area (Å²) in [5.41, 5.74) is 0.416. The molecule has 0 radical (unpaired) electrons. The summed E-state index contributed by atoms with van der Waals surface area (Å²) in [5, 5.41) is 0. The average molecular weight is 398 g/mol. The summed E-state index contributed by atoms with van der Waals surface area (Å²) in [6, 6.07) is 5.49. The smallest absolute Gasteiger partial charge is 0.328 e. The molecule has 8 nitrogen and oxygen atoms in total. The van der Waals surface area contributed by atoms with E-state index in [4.69, 9.17) is 0 Å². The highest BCUT2D eigenvalue weighted by Crippen LogP contribution is 2.42. The topological polar surface area (TPSA) is 97.2 Å². The lowest BCUT2D eigenvalue weighted by molar-refractivity contribution is -0.135. The molecular weight excluding hydrogens is 372 g/mol. The minimum atomic E-state index is -0.577. The van der Waals surface area contributed by atoms with Crippen molar-refractivity contribution in [2.75, 3.05) is 13.1 Å². The lowest BCUT2D eigenvalue weighted by atomic mass is 9.77. The maximum Gasteiger partial charge on any atom is 0.328 e. The number of hydrogen-bond acceptors (Lipinski definition) is 4. The van der Waals surface area contributed by atoms with Crippen molar-refractivity contribution in [3.8, 4) is 0 Å². The first-order valence-corrected chi connectivity index (χ1v) is 10.2. The lowest BCUT2D eigenvalue weighted by Gasteiger charge is -2.47. The Morgan fingerprint density at radius 2 is 2.00 bits per heavy atom. The Kier molecular flexibility index (Phi) is 5.02. The molecule has 4 rings (SSSR count). The van der Waals surface area contributed by atoms with E-state index >= 15 is 0 Å². The number of fused-ring (bicyclic) bond motifs is 4. The number of pyridine rings is 1. The predicted molar refractivity (Wildman–Crippen MR) is 108 cm³/mol. The number of piperidine rings is 1. The van der Waals surface area contributed by atoms with Crippen LogP contribution in [-0.4, -0.2) is 38.0 Å². The number of aryl methyl sites for hydroxylation is 1. The summed E-state index contributed by atoms with van der Waals surface area (Å²) in [4.78, 5) is 53.2. The zero-order chi connectivity index (χ0) is 20.7. The minimum Gasteiger partial charge on any atom is -0.340 e. The third-order valence-corrected chi connectivity index (χ3v) is 6.23. The van der Waals surface area contributed by atoms with Gasteiger partial charge in [0.1, 0.15) is 6.54 Å². The summed E-state index contributed by atoms with van der Waals surface area (Å²) in [6.45, 7) is 4.73. The van der Waals surface area contributed by atoms with E-state index in [1.165, 1.54) is 10.8 Å². The van der Waals surface area contributed by atoms with Gasteiger partial charge in [-0.25, -0.2) is 4.79 Å². The Morgan fingerprint density at radius 1 is 1.21 bits per heavy atom. The monoisotopic (exact) mass is 398 g/mol. The van der Waals surface area contributed by atoms with Crippen molar-refractivity contribution in [2.24, 2.45) is 5.92 Å². The molecule has 0 saturated carbocycles. The van der Waals surface area contributed by atoms with Gasteiger partial charge in [-0.15, -0.1) is 0 Å². The molecule has 4 heterocycles. The van der Waals surface area contributed by atoms with Gasteiger partial charge in [-0.1, -0.05) is 19.4 Å². The second-order valence-corrected chi connectivity index (χ2v) is 8.21. The third-order valence-electron chi connectivity index (χ3n) is 6.23. The summed E-state index contributed by atoms with van der Waals surface area (Å²) in [7, 11) is 0. The van der Waals surface area contributed by atoms with Gasteiger partial charge in [-0.2, -0.15) is 0 Å². The van der Waals surface area contributed by atoms with Crippen molar-refractivity contribution >= 4 is 5.91 Å². The Labute approximate surface area is 167 Å². The molecule has 8 heteroatoms. The van der Waals surface area contributed by atoms with Crippen molar-refractivity contribution in [3.05, 3.63) is 66.8 Å². The van der Waals surface area contributed by atoms with Gasteiger partial charge < -0.3 is 9.47 Å². The second kappa shape index (κ2) is 7.50. The number of nitrogens with one attached hydrogen (secondary N) is 1. The molecule has 0 aliphatic carbocycles. The summed E-state index contributed by atoms with van der Waals surface area (Å²) >= 11 is 0. The van der Waals surface area contributed by atoms with E-state index in [2.05, 4.69) is 11.9 Å². The first-order chi connectivity index (χ1) is 13.9. The number of likely N-dealkylation sites (tertiary alicyclic amines) is 1. The SMILES string of the molecule is CCC[C@H]1[C@H]2C[C@H](CN(C(=O)Cn3cc(C)c(=O)[nH]c3=O)C2)c2cccc(=O)n21. The Morgan fingerprint density at radius 3 is 2.76 bits per heavy atom. The quantitative estimate of drug-likeness (QED) is 0.831. The van der Waals surface area contributed by atoms with Crippen LogP contribution < -0.4 is 16.8 Å². The number of hydrogen-bond donors (Lipinski definition) is 1. The molecule has 2 aliphatic heterocycles. The minimum absolute atomic E-state index is 0.0330. The first-order valence-electron chi connectivity index (χ1n) is 10.2. The molecule has 2 aliphatic rings. The molecule has 0 aromatic carbocycles. The van der Waals surface area contributed by atoms with E-state index in [0.29, 0.717) is 18.7 Å². The Balaban J connectivity index is 1.62. The molecule has 29 heavy (non-hydrogen) atoms. The number of aromatic amines is 1. The normalized spacial score (nSPS) is 23.0. The second-order valence-electron chi connectivity index (χ2n) is 8.21. The molecule has 1 N–H and O–H groups in total. The van der Waals surface area contributed by atoms with Gasteiger partial charge in [0, 0.05) is 48.6 Å². The van der Waals surface area contributed by atoms with Crippen LogP contribution in [0.1, 0.15) is 49.4 Å². The lowest BCUT2D eigenvalue weighted by Crippen LogP contribution is -2.52. The van der Waals surface area contributed by atoms with Gasteiger partial charge in [-0.3, -0.25) is 23.9 Å². The summed E-state index contributed by atoms with van der Waals surface area (Å²) in [5.74, 6) is 0.197. The molecular formula is C21H26N4O4. The van der Waals surface area contributed by atoms with Crippen molar-refractivity contribution < 1.29 is 4.79 Å². The molecule has 0 spiro atoms. The van der Waals surface area contributed by atoms with Crippen LogP contribution in [0.15, 0.2) is 38.8 Å². The van der Waals surface area contributed by atoms with Gasteiger partial charge in [-0.05, 0) is 31.7 Å². The zero-order valence-corrected chi connectivity index (χ0v) is 16.8. The number of amides is 1. The van der Waals surface area contributed by atoms with E-state index in [9.17, 15) is 19.2 Å². The van der Waals surface area contributed by atoms with Gasteiger partial charge >= 0.3 is 5.69 Å². The predicted octanol–water partition coefficient (Wildman–Crippen LogP) is 0.994. The molecule has 3 atom stereocenters. The fraction of sp³-hybridized carbons (Fsp3) is 0.524. The van der Waals surface area contributed by atoms with E-state index in [1.54, 1.807) is 19.1 Å². The number of nitrogens with zero attached hydrogens (tertiary/aromatic N) is 3. The molecule has 2 aromatic heterocycles. The van der Waals surface area contributed by atoms with Crippen LogP contribution in [-0.2, 0) is 11.3 Å². The zero-order valence-electron chi connectivity index (χ0n) is 16.8. The van der Waals surface area contributed by atoms with Crippen LogP contribution in [0.25, 0.3) is 0 Å². The summed E-state index contributed by atoms with van der Waals surface area (Å²) < 4.78 is 3.20. The van der Waals surface area contributed by atoms with Gasteiger partial charge in [0.05, 0.1) is 0 Å². The fourth-order valence-electron chi connectivity index (χ4n) is 4.89. The van der Waals surface area contributed by atoms with E-state index < -0.39 is 11.2 Å². The molecule has 1 saturated heterocycles. The maximum atomic E-state index is 13.0. The number of H-pyrrole nitrogens is 1. The number of carbonyl (C=O) groups excluding carboxylic acids is 1. The van der Waals surface area contributed by atoms with Crippen LogP contribution in [0.2, 0.25) is 0 Å². The number of aromatic nitrogens is 3. The van der Waals surface area contributed by atoms with Crippen LogP contribution in [0.5, 0.6) is 0 Å². The Hall–Kier alpha value is -2.90. The van der Waals surface area contributed by atoms with Crippen LogP contribution in [0.3, 0.4) is 0 Å².